The van der Waals surface area contributed by atoms with E-state index in [1.165, 1.54) is 12.1 Å². The van der Waals surface area contributed by atoms with Gasteiger partial charge in [0.1, 0.15) is 11.5 Å². The van der Waals surface area contributed by atoms with Gasteiger partial charge in [-0.2, -0.15) is 5.10 Å². The molecule has 1 aliphatic carbocycles. The number of amides is 2. The number of fused-ring (bicyclic) bond motifs is 1. The van der Waals surface area contributed by atoms with Crippen LogP contribution < -0.4 is 10.2 Å². The Kier molecular flexibility index (Phi) is 6.64. The quantitative estimate of drug-likeness (QED) is 0.265. The first-order chi connectivity index (χ1) is 19.4. The number of carbonyl (C=O) groups excluding carboxylic acids is 2. The maximum Gasteiger partial charge on any atom is 0.258 e. The van der Waals surface area contributed by atoms with Gasteiger partial charge in [0, 0.05) is 36.1 Å². The topological polar surface area (TPSA) is 66.7 Å². The van der Waals surface area contributed by atoms with Gasteiger partial charge in [-0.1, -0.05) is 24.3 Å². The van der Waals surface area contributed by atoms with Crippen molar-refractivity contribution in [2.24, 2.45) is 0 Å². The fourth-order valence-electron chi connectivity index (χ4n) is 5.30. The number of carbonyl (C=O) groups is 2. The zero-order valence-electron chi connectivity index (χ0n) is 22.4. The summed E-state index contributed by atoms with van der Waals surface area (Å²) in [5, 5.41) is 7.36. The Morgan fingerprint density at radius 3 is 2.38 bits per heavy atom. The Bertz CT molecular complexity index is 1720. The molecule has 2 aromatic heterocycles. The van der Waals surface area contributed by atoms with E-state index in [0.29, 0.717) is 27.9 Å². The van der Waals surface area contributed by atoms with E-state index in [1.807, 2.05) is 78.7 Å². The van der Waals surface area contributed by atoms with Gasteiger partial charge in [0.2, 0.25) is 0 Å². The zero-order valence-corrected chi connectivity index (χ0v) is 22.4. The summed E-state index contributed by atoms with van der Waals surface area (Å²) in [6.45, 7) is 2.01. The van der Waals surface area contributed by atoms with Crippen LogP contribution in [-0.2, 0) is 0 Å². The SMILES string of the molecule is CNC(=O)c1c(-c2ccc(F)cc2)nn2ccc(-c3cc(C(=O)N(c4ccccc4)C4CCC4)ccc3C)cc12. The lowest BCUT2D eigenvalue weighted by atomic mass is 9.90. The van der Waals surface area contributed by atoms with Crippen LogP contribution in [0.25, 0.3) is 27.9 Å². The van der Waals surface area contributed by atoms with Crippen molar-refractivity contribution in [2.45, 2.75) is 32.2 Å². The average Bonchev–Trinajstić information content (AvgIpc) is 3.34. The minimum atomic E-state index is -0.357. The third-order valence-corrected chi connectivity index (χ3v) is 7.70. The fourth-order valence-corrected chi connectivity index (χ4v) is 5.30. The number of aryl methyl sites for hydroxylation is 1. The van der Waals surface area contributed by atoms with Crippen LogP contribution in [0.5, 0.6) is 0 Å². The third-order valence-electron chi connectivity index (χ3n) is 7.70. The van der Waals surface area contributed by atoms with E-state index in [4.69, 9.17) is 0 Å². The first-order valence-electron chi connectivity index (χ1n) is 13.4. The molecule has 1 N–H and O–H groups in total. The van der Waals surface area contributed by atoms with Crippen LogP contribution in [0.1, 0.15) is 45.5 Å². The predicted molar refractivity (Wildman–Crippen MR) is 155 cm³/mol. The van der Waals surface area contributed by atoms with Crippen molar-refractivity contribution in [3.63, 3.8) is 0 Å². The molecule has 6 rings (SSSR count). The molecule has 0 atom stereocenters. The minimum Gasteiger partial charge on any atom is -0.355 e. The lowest BCUT2D eigenvalue weighted by Crippen LogP contribution is -2.44. The number of para-hydroxylation sites is 1. The number of benzene rings is 3. The van der Waals surface area contributed by atoms with Crippen molar-refractivity contribution in [1.29, 1.82) is 0 Å². The molecule has 0 aliphatic heterocycles. The van der Waals surface area contributed by atoms with Crippen LogP contribution in [0.2, 0.25) is 0 Å². The van der Waals surface area contributed by atoms with E-state index >= 15 is 0 Å². The minimum absolute atomic E-state index is 0.0211. The molecule has 3 aromatic carbocycles. The molecule has 0 spiro atoms. The van der Waals surface area contributed by atoms with Crippen molar-refractivity contribution < 1.29 is 14.0 Å². The molecule has 5 aromatic rings. The van der Waals surface area contributed by atoms with Gasteiger partial charge in [-0.15, -0.1) is 0 Å². The second-order valence-corrected chi connectivity index (χ2v) is 10.2. The van der Waals surface area contributed by atoms with Crippen LogP contribution in [0.15, 0.2) is 91.1 Å². The Morgan fingerprint density at radius 2 is 1.70 bits per heavy atom. The molecule has 0 unspecified atom stereocenters. The van der Waals surface area contributed by atoms with Crippen molar-refractivity contribution in [2.75, 3.05) is 11.9 Å². The van der Waals surface area contributed by atoms with E-state index in [2.05, 4.69) is 10.4 Å². The normalized spacial score (nSPS) is 13.2. The highest BCUT2D eigenvalue weighted by atomic mass is 19.1. The molecule has 40 heavy (non-hydrogen) atoms. The highest BCUT2D eigenvalue weighted by Crippen LogP contribution is 2.34. The van der Waals surface area contributed by atoms with Gasteiger partial charge in [0.25, 0.3) is 11.8 Å². The lowest BCUT2D eigenvalue weighted by Gasteiger charge is -2.37. The summed E-state index contributed by atoms with van der Waals surface area (Å²) in [5.74, 6) is -0.664. The summed E-state index contributed by atoms with van der Waals surface area (Å²) < 4.78 is 15.2. The summed E-state index contributed by atoms with van der Waals surface area (Å²) in [6.07, 6.45) is 4.92. The monoisotopic (exact) mass is 532 g/mol. The molecule has 2 heterocycles. The number of pyridine rings is 1. The van der Waals surface area contributed by atoms with Crippen molar-refractivity contribution >= 4 is 23.0 Å². The molecule has 6 nitrogen and oxygen atoms in total. The number of anilines is 1. The van der Waals surface area contributed by atoms with E-state index in [1.54, 1.807) is 23.7 Å². The van der Waals surface area contributed by atoms with Crippen molar-refractivity contribution in [3.05, 3.63) is 114 Å². The number of hydrogen-bond acceptors (Lipinski definition) is 3. The smallest absolute Gasteiger partial charge is 0.258 e. The van der Waals surface area contributed by atoms with Gasteiger partial charge in [0.05, 0.1) is 11.1 Å². The number of hydrogen-bond donors (Lipinski definition) is 1. The van der Waals surface area contributed by atoms with Crippen molar-refractivity contribution in [3.8, 4) is 22.4 Å². The van der Waals surface area contributed by atoms with Crippen LogP contribution in [0, 0.1) is 12.7 Å². The Morgan fingerprint density at radius 1 is 0.950 bits per heavy atom. The highest BCUT2D eigenvalue weighted by Gasteiger charge is 2.31. The Balaban J connectivity index is 1.44. The highest BCUT2D eigenvalue weighted by molar-refractivity contribution is 6.08. The summed E-state index contributed by atoms with van der Waals surface area (Å²) in [6, 6.07) is 25.6. The fraction of sp³-hybridized carbons (Fsp3) is 0.182. The maximum absolute atomic E-state index is 13.9. The molecular weight excluding hydrogens is 503 g/mol. The van der Waals surface area contributed by atoms with Crippen molar-refractivity contribution in [1.82, 2.24) is 14.9 Å². The van der Waals surface area contributed by atoms with Gasteiger partial charge in [-0.25, -0.2) is 8.91 Å². The van der Waals surface area contributed by atoms with Gasteiger partial charge < -0.3 is 10.2 Å². The van der Waals surface area contributed by atoms with E-state index in [0.717, 1.165) is 41.6 Å². The molecule has 0 radical (unpaired) electrons. The summed E-state index contributed by atoms with van der Waals surface area (Å²) >= 11 is 0. The average molecular weight is 533 g/mol. The molecule has 2 amide bonds. The molecule has 0 bridgehead atoms. The Labute approximate surface area is 232 Å². The number of nitrogens with zero attached hydrogens (tertiary/aromatic N) is 3. The van der Waals surface area contributed by atoms with Gasteiger partial charge in [0.15, 0.2) is 0 Å². The number of nitrogens with one attached hydrogen (secondary N) is 1. The lowest BCUT2D eigenvalue weighted by molar-refractivity contribution is 0.0956. The van der Waals surface area contributed by atoms with Crippen LogP contribution >= 0.6 is 0 Å². The Hall–Kier alpha value is -4.78. The molecule has 200 valence electrons. The van der Waals surface area contributed by atoms with E-state index < -0.39 is 0 Å². The second-order valence-electron chi connectivity index (χ2n) is 10.2. The number of halogens is 1. The summed E-state index contributed by atoms with van der Waals surface area (Å²) in [4.78, 5) is 28.8. The van der Waals surface area contributed by atoms with Gasteiger partial charge in [-0.05, 0) is 104 Å². The van der Waals surface area contributed by atoms with Crippen LogP contribution in [0.4, 0.5) is 10.1 Å². The number of aromatic nitrogens is 2. The standard InChI is InChI=1S/C33H29FN4O2/c1-21-11-12-24(33(40)38(27-9-6-10-27)26-7-4-3-5-8-26)19-28(21)23-17-18-37-29(20-23)30(32(39)35-2)31(36-37)22-13-15-25(34)16-14-22/h3-5,7-8,11-20,27H,6,9-10H2,1-2H3,(H,35,39). The van der Waals surface area contributed by atoms with Gasteiger partial charge >= 0.3 is 0 Å². The second kappa shape index (κ2) is 10.4. The summed E-state index contributed by atoms with van der Waals surface area (Å²) in [5.41, 5.74) is 6.44. The first-order valence-corrected chi connectivity index (χ1v) is 13.4. The predicted octanol–water partition coefficient (Wildman–Crippen LogP) is 6.67. The molecule has 0 saturated heterocycles. The molecular formula is C33H29FN4O2. The molecule has 1 fully saturated rings. The van der Waals surface area contributed by atoms with Crippen LogP contribution in [-0.4, -0.2) is 34.5 Å². The molecule has 1 saturated carbocycles. The van der Waals surface area contributed by atoms with Crippen LogP contribution in [0.3, 0.4) is 0 Å². The third kappa shape index (κ3) is 4.53. The van der Waals surface area contributed by atoms with Gasteiger partial charge in [-0.3, -0.25) is 9.59 Å². The molecule has 1 aliphatic rings. The zero-order chi connectivity index (χ0) is 27.8. The largest absolute Gasteiger partial charge is 0.355 e. The first kappa shape index (κ1) is 25.5. The summed E-state index contributed by atoms with van der Waals surface area (Å²) in [7, 11) is 1.57. The van der Waals surface area contributed by atoms with E-state index in [9.17, 15) is 14.0 Å². The molecule has 7 heteroatoms. The van der Waals surface area contributed by atoms with E-state index in [-0.39, 0.29) is 23.7 Å². The number of rotatable bonds is 6. The maximum atomic E-state index is 13.9.